The Hall–Kier alpha value is -1.63. The maximum atomic E-state index is 15.4. The van der Waals surface area contributed by atoms with Crippen LogP contribution in [0.5, 0.6) is 0 Å². The van der Waals surface area contributed by atoms with Gasteiger partial charge in [-0.15, -0.1) is 11.8 Å². The number of hydrogen-bond acceptors (Lipinski definition) is 1. The summed E-state index contributed by atoms with van der Waals surface area (Å²) in [7, 11) is 0. The fourth-order valence-electron chi connectivity index (χ4n) is 3.58. The highest BCUT2D eigenvalue weighted by Gasteiger charge is 2.77. The molecule has 1 atom stereocenters. The van der Waals surface area contributed by atoms with Gasteiger partial charge in [-0.05, 0) is 22.3 Å². The highest BCUT2D eigenvalue weighted by Crippen LogP contribution is 2.70. The molecule has 1 unspecified atom stereocenters. The van der Waals surface area contributed by atoms with Crippen LogP contribution in [0.25, 0.3) is 0 Å². The molecule has 0 N–H and O–H groups in total. The van der Waals surface area contributed by atoms with Crippen molar-refractivity contribution in [3.8, 4) is 0 Å². The summed E-state index contributed by atoms with van der Waals surface area (Å²) in [6.07, 6.45) is -5.96. The number of benzene rings is 2. The molecule has 0 saturated heterocycles. The van der Waals surface area contributed by atoms with Crippen LogP contribution in [-0.4, -0.2) is 17.1 Å². The third-order valence-electron chi connectivity index (χ3n) is 4.62. The SMILES string of the molecule is FC(F)(F)C(F)(F)C1(F)SC2c3ccccc3C1c1ccccc12. The molecular formula is C17H10F6S. The van der Waals surface area contributed by atoms with Gasteiger partial charge in [0.1, 0.15) is 0 Å². The molecule has 3 aliphatic rings. The van der Waals surface area contributed by atoms with E-state index < -0.39 is 28.3 Å². The first-order valence-electron chi connectivity index (χ1n) is 7.17. The highest BCUT2D eigenvalue weighted by molar-refractivity contribution is 8.01. The number of halogens is 6. The molecule has 0 radical (unpaired) electrons. The molecular weight excluding hydrogens is 350 g/mol. The van der Waals surface area contributed by atoms with Crippen molar-refractivity contribution in [1.29, 1.82) is 0 Å². The van der Waals surface area contributed by atoms with Crippen molar-refractivity contribution in [2.24, 2.45) is 0 Å². The third-order valence-corrected chi connectivity index (χ3v) is 6.20. The first-order chi connectivity index (χ1) is 11.2. The normalized spacial score (nSPS) is 28.4. The molecule has 7 heteroatoms. The summed E-state index contributed by atoms with van der Waals surface area (Å²) in [6, 6.07) is 12.6. The number of rotatable bonds is 1. The molecule has 2 heterocycles. The molecule has 126 valence electrons. The molecule has 5 rings (SSSR count). The van der Waals surface area contributed by atoms with E-state index in [-0.39, 0.29) is 22.9 Å². The molecule has 0 aromatic heterocycles. The Balaban J connectivity index is 2.00. The van der Waals surface area contributed by atoms with Crippen molar-refractivity contribution < 1.29 is 26.3 Å². The summed E-state index contributed by atoms with van der Waals surface area (Å²) in [6.45, 7) is 0. The Morgan fingerprint density at radius 1 is 0.750 bits per heavy atom. The second-order valence-electron chi connectivity index (χ2n) is 5.91. The van der Waals surface area contributed by atoms with Gasteiger partial charge in [0, 0.05) is 0 Å². The van der Waals surface area contributed by atoms with Crippen molar-refractivity contribution in [2.45, 2.75) is 28.3 Å². The lowest BCUT2D eigenvalue weighted by Gasteiger charge is -2.50. The van der Waals surface area contributed by atoms with E-state index in [9.17, 15) is 22.0 Å². The van der Waals surface area contributed by atoms with Crippen molar-refractivity contribution in [3.63, 3.8) is 0 Å². The van der Waals surface area contributed by atoms with Crippen molar-refractivity contribution in [2.75, 3.05) is 0 Å². The summed E-state index contributed by atoms with van der Waals surface area (Å²) in [5.74, 6) is -7.13. The van der Waals surface area contributed by atoms with Gasteiger partial charge in [0.25, 0.3) is 0 Å². The Morgan fingerprint density at radius 3 is 1.58 bits per heavy atom. The van der Waals surface area contributed by atoms with Gasteiger partial charge in [0.2, 0.25) is 5.00 Å². The first kappa shape index (κ1) is 15.9. The van der Waals surface area contributed by atoms with Gasteiger partial charge in [-0.3, -0.25) is 0 Å². The van der Waals surface area contributed by atoms with E-state index in [0.29, 0.717) is 11.1 Å². The van der Waals surface area contributed by atoms with Crippen LogP contribution in [0, 0.1) is 0 Å². The average molecular weight is 360 g/mol. The van der Waals surface area contributed by atoms with Crippen LogP contribution in [0.4, 0.5) is 26.3 Å². The molecule has 0 fully saturated rings. The standard InChI is InChI=1S/C17H10F6S/c18-15(16(19,20)17(21,22)23)13-9-5-1-3-7-11(9)14(24-15)12-8-4-2-6-10(12)13/h1-8,13-14H. The van der Waals surface area contributed by atoms with E-state index in [1.807, 2.05) is 0 Å². The smallest absolute Gasteiger partial charge is 0.224 e. The topological polar surface area (TPSA) is 0 Å². The number of hydrogen-bond donors (Lipinski definition) is 0. The Bertz CT molecular complexity index is 767. The van der Waals surface area contributed by atoms with Gasteiger partial charge < -0.3 is 0 Å². The maximum Gasteiger partial charge on any atom is 0.457 e. The second-order valence-corrected chi connectivity index (χ2v) is 7.21. The quantitative estimate of drug-likeness (QED) is 0.577. The van der Waals surface area contributed by atoms with E-state index in [1.54, 1.807) is 24.3 Å². The predicted molar refractivity (Wildman–Crippen MR) is 79.0 cm³/mol. The van der Waals surface area contributed by atoms with E-state index in [4.69, 9.17) is 0 Å². The molecule has 2 aromatic carbocycles. The van der Waals surface area contributed by atoms with E-state index in [1.165, 1.54) is 24.3 Å². The zero-order valence-corrected chi connectivity index (χ0v) is 12.8. The van der Waals surface area contributed by atoms with Gasteiger partial charge in [0.15, 0.2) is 0 Å². The van der Waals surface area contributed by atoms with Crippen LogP contribution in [-0.2, 0) is 0 Å². The molecule has 0 spiro atoms. The van der Waals surface area contributed by atoms with Crippen LogP contribution in [0.3, 0.4) is 0 Å². The molecule has 0 amide bonds. The lowest BCUT2D eigenvalue weighted by atomic mass is 9.73. The molecule has 2 aliphatic heterocycles. The summed E-state index contributed by atoms with van der Waals surface area (Å²) in [4.78, 5) is 0. The largest absolute Gasteiger partial charge is 0.457 e. The van der Waals surface area contributed by atoms with Crippen molar-refractivity contribution in [3.05, 3.63) is 70.8 Å². The minimum Gasteiger partial charge on any atom is -0.224 e. The van der Waals surface area contributed by atoms with Crippen LogP contribution < -0.4 is 0 Å². The van der Waals surface area contributed by atoms with E-state index >= 15 is 4.39 Å². The van der Waals surface area contributed by atoms with Gasteiger partial charge in [-0.25, -0.2) is 4.39 Å². The van der Waals surface area contributed by atoms with Crippen molar-refractivity contribution in [1.82, 2.24) is 0 Å². The number of fused-ring (bicyclic) bond motifs is 1. The van der Waals surface area contributed by atoms with Gasteiger partial charge in [-0.2, -0.15) is 22.0 Å². The third kappa shape index (κ3) is 1.79. The summed E-state index contributed by atoms with van der Waals surface area (Å²) >= 11 is 0.0661. The maximum absolute atomic E-state index is 15.4. The zero-order valence-electron chi connectivity index (χ0n) is 11.9. The first-order valence-corrected chi connectivity index (χ1v) is 8.05. The van der Waals surface area contributed by atoms with Crippen LogP contribution in [0.2, 0.25) is 0 Å². The lowest BCUT2D eigenvalue weighted by Crippen LogP contribution is -2.58. The molecule has 2 aromatic rings. The molecule has 0 saturated carbocycles. The summed E-state index contributed by atoms with van der Waals surface area (Å²) < 4.78 is 82.5. The van der Waals surface area contributed by atoms with Crippen LogP contribution in [0.15, 0.2) is 48.5 Å². The zero-order chi connectivity index (χ0) is 17.3. The predicted octanol–water partition coefficient (Wildman–Crippen LogP) is 5.83. The minimum absolute atomic E-state index is 0.0661. The van der Waals surface area contributed by atoms with E-state index in [0.717, 1.165) is 0 Å². The van der Waals surface area contributed by atoms with Crippen LogP contribution >= 0.6 is 11.8 Å². The number of thioether (sulfide) groups is 1. The van der Waals surface area contributed by atoms with Gasteiger partial charge in [-0.1, -0.05) is 48.5 Å². The molecule has 0 nitrogen and oxygen atoms in total. The fraction of sp³-hybridized carbons (Fsp3) is 0.294. The minimum atomic E-state index is -5.96. The average Bonchev–Trinajstić information content (AvgIpc) is 2.54. The lowest BCUT2D eigenvalue weighted by molar-refractivity contribution is -0.312. The van der Waals surface area contributed by atoms with Crippen LogP contribution in [0.1, 0.15) is 33.4 Å². The summed E-state index contributed by atoms with van der Waals surface area (Å²) in [5.41, 5.74) is 1.59. The fourth-order valence-corrected chi connectivity index (χ4v) is 5.26. The van der Waals surface area contributed by atoms with Gasteiger partial charge in [0.05, 0.1) is 11.2 Å². The molecule has 24 heavy (non-hydrogen) atoms. The highest BCUT2D eigenvalue weighted by atomic mass is 32.2. The Kier molecular flexibility index (Phi) is 3.12. The number of alkyl halides is 6. The Labute approximate surface area is 137 Å². The monoisotopic (exact) mass is 360 g/mol. The molecule has 2 bridgehead atoms. The molecule has 1 aliphatic carbocycles. The van der Waals surface area contributed by atoms with Gasteiger partial charge >= 0.3 is 12.1 Å². The van der Waals surface area contributed by atoms with Crippen molar-refractivity contribution >= 4 is 11.8 Å². The Morgan fingerprint density at radius 2 is 1.17 bits per heavy atom. The van der Waals surface area contributed by atoms with E-state index in [2.05, 4.69) is 0 Å². The second kappa shape index (κ2) is 4.71. The summed E-state index contributed by atoms with van der Waals surface area (Å²) in [5, 5.41) is -4.67.